The summed E-state index contributed by atoms with van der Waals surface area (Å²) in [6.45, 7) is 10.9. The Morgan fingerprint density at radius 1 is 0.343 bits per heavy atom. The molecule has 0 amide bonds. The van der Waals surface area contributed by atoms with Crippen molar-refractivity contribution in [1.29, 1.82) is 0 Å². The van der Waals surface area contributed by atoms with Gasteiger partial charge in [0.1, 0.15) is 0 Å². The molecule has 0 bridgehead atoms. The maximum Gasteiger partial charge on any atom is 0.0464 e. The summed E-state index contributed by atoms with van der Waals surface area (Å²) in [6, 6.07) is 83.3. The highest BCUT2D eigenvalue weighted by Crippen LogP contribution is 2.41. The lowest BCUT2D eigenvalue weighted by Crippen LogP contribution is -2.14. The number of aryl methyl sites for hydroxylation is 2. The number of hydrogen-bond acceptors (Lipinski definition) is 3. The Hall–Kier alpha value is -8.14. The van der Waals surface area contributed by atoms with E-state index in [0.717, 1.165) is 85.3 Å². The van der Waals surface area contributed by atoms with Crippen LogP contribution in [0.2, 0.25) is 0 Å². The van der Waals surface area contributed by atoms with Gasteiger partial charge in [-0.25, -0.2) is 0 Å². The van der Waals surface area contributed by atoms with Crippen LogP contribution in [0.25, 0.3) is 33.4 Å². The quantitative estimate of drug-likeness (QED) is 0.101. The molecule has 0 N–H and O–H groups in total. The molecule has 9 aromatic rings. The maximum atomic E-state index is 2.34. The van der Waals surface area contributed by atoms with Gasteiger partial charge < -0.3 is 14.7 Å². The van der Waals surface area contributed by atoms with E-state index in [9.17, 15) is 0 Å². The fourth-order valence-electron chi connectivity index (χ4n) is 9.03. The monoisotopic (exact) mass is 867 g/mol. The summed E-state index contributed by atoms with van der Waals surface area (Å²) in [4.78, 5) is 7.00. The molecule has 9 aromatic carbocycles. The van der Waals surface area contributed by atoms with Crippen LogP contribution in [0.15, 0.2) is 254 Å². The van der Waals surface area contributed by atoms with Crippen LogP contribution in [0.1, 0.15) is 38.3 Å². The number of rotatable bonds is 14. The van der Waals surface area contributed by atoms with Crippen molar-refractivity contribution in [2.24, 2.45) is 0 Å². The molecule has 0 unspecified atom stereocenters. The Morgan fingerprint density at radius 2 is 0.672 bits per heavy atom. The molecular weight excluding hydrogens is 811 g/mol. The van der Waals surface area contributed by atoms with Gasteiger partial charge in [0, 0.05) is 51.2 Å². The Kier molecular flexibility index (Phi) is 13.4. The molecule has 3 nitrogen and oxygen atoms in total. The summed E-state index contributed by atoms with van der Waals surface area (Å²) in [5.41, 5.74) is 20.8. The molecular formula is C64H57N3. The predicted molar refractivity (Wildman–Crippen MR) is 288 cm³/mol. The molecule has 9 rings (SSSR count). The third-order valence-corrected chi connectivity index (χ3v) is 12.2. The van der Waals surface area contributed by atoms with Crippen LogP contribution in [-0.2, 0) is 0 Å². The van der Waals surface area contributed by atoms with Crippen molar-refractivity contribution >= 4 is 45.5 Å². The molecule has 67 heavy (non-hydrogen) atoms. The van der Waals surface area contributed by atoms with Gasteiger partial charge in [-0.1, -0.05) is 134 Å². The van der Waals surface area contributed by atoms with Gasteiger partial charge >= 0.3 is 0 Å². The third-order valence-electron chi connectivity index (χ3n) is 12.2. The first kappa shape index (κ1) is 44.1. The molecule has 0 saturated carbocycles. The first-order chi connectivity index (χ1) is 32.8. The number of hydrogen-bond donors (Lipinski definition) is 0. The first-order valence-electron chi connectivity index (χ1n) is 23.3. The second-order valence-corrected chi connectivity index (χ2v) is 17.3. The van der Waals surface area contributed by atoms with Crippen molar-refractivity contribution < 1.29 is 0 Å². The summed E-state index contributed by atoms with van der Waals surface area (Å²) < 4.78 is 0. The van der Waals surface area contributed by atoms with Crippen molar-refractivity contribution in [3.05, 3.63) is 265 Å². The van der Waals surface area contributed by atoms with Crippen molar-refractivity contribution in [2.45, 2.75) is 41.0 Å². The second-order valence-electron chi connectivity index (χ2n) is 17.3. The van der Waals surface area contributed by atoms with E-state index in [1.165, 1.54) is 22.4 Å². The Labute approximate surface area is 397 Å². The summed E-state index contributed by atoms with van der Waals surface area (Å²) in [5.74, 6) is 0. The molecule has 0 heterocycles. The van der Waals surface area contributed by atoms with Crippen LogP contribution in [0, 0.1) is 13.8 Å². The molecule has 0 atom stereocenters. The van der Waals surface area contributed by atoms with E-state index in [4.69, 9.17) is 0 Å². The lowest BCUT2D eigenvalue weighted by molar-refractivity contribution is 1.14. The smallest absolute Gasteiger partial charge is 0.0464 e. The lowest BCUT2D eigenvalue weighted by atomic mass is 9.93. The largest absolute Gasteiger partial charge is 0.315 e. The minimum absolute atomic E-state index is 1.00. The highest BCUT2D eigenvalue weighted by Gasteiger charge is 2.17. The van der Waals surface area contributed by atoms with Gasteiger partial charge in [0.2, 0.25) is 0 Å². The van der Waals surface area contributed by atoms with Crippen LogP contribution in [0.5, 0.6) is 0 Å². The number of benzene rings is 9. The first-order valence-corrected chi connectivity index (χ1v) is 23.3. The van der Waals surface area contributed by atoms with E-state index < -0.39 is 0 Å². The van der Waals surface area contributed by atoms with Gasteiger partial charge in [-0.2, -0.15) is 0 Å². The summed E-state index contributed by atoms with van der Waals surface area (Å²) >= 11 is 0. The standard InChI is InChI=1S/C64H57N3/c1-6-18-47(2)41-50(5)65(57-21-10-7-11-22-57)60-35-29-51(30-36-60)54-44-55(52-31-37-61(38-32-52)66(58-23-12-8-13-24-58)63-27-16-19-48(3)42-63)46-56(45-54)53-33-39-62(40-34-53)67(59-25-14-9-15-26-59)64-28-17-20-49(4)43-64/h7-46H,6H2,1-5H3/b47-18-,50-41+. The molecule has 0 spiro atoms. The van der Waals surface area contributed by atoms with Crippen LogP contribution in [-0.4, -0.2) is 0 Å². The number of anilines is 8. The van der Waals surface area contributed by atoms with E-state index in [1.807, 2.05) is 0 Å². The summed E-state index contributed by atoms with van der Waals surface area (Å²) in [7, 11) is 0. The van der Waals surface area contributed by atoms with E-state index >= 15 is 0 Å². The Balaban J connectivity index is 1.13. The van der Waals surface area contributed by atoms with Crippen LogP contribution < -0.4 is 14.7 Å². The molecule has 0 aliphatic rings. The second kappa shape index (κ2) is 20.4. The van der Waals surface area contributed by atoms with Gasteiger partial charge in [0.15, 0.2) is 0 Å². The van der Waals surface area contributed by atoms with E-state index in [0.29, 0.717) is 0 Å². The summed E-state index contributed by atoms with van der Waals surface area (Å²) in [6.07, 6.45) is 5.55. The van der Waals surface area contributed by atoms with E-state index in [1.54, 1.807) is 0 Å². The van der Waals surface area contributed by atoms with Gasteiger partial charge in [-0.3, -0.25) is 0 Å². The molecule has 0 aliphatic heterocycles. The van der Waals surface area contributed by atoms with Crippen molar-refractivity contribution in [2.75, 3.05) is 14.7 Å². The average molecular weight is 868 g/mol. The Morgan fingerprint density at radius 3 is 1.04 bits per heavy atom. The Bertz CT molecular complexity index is 2960. The van der Waals surface area contributed by atoms with Crippen molar-refractivity contribution in [3.63, 3.8) is 0 Å². The van der Waals surface area contributed by atoms with Crippen LogP contribution >= 0.6 is 0 Å². The molecule has 0 aliphatic carbocycles. The molecule has 328 valence electrons. The van der Waals surface area contributed by atoms with Crippen LogP contribution in [0.4, 0.5) is 45.5 Å². The minimum Gasteiger partial charge on any atom is -0.315 e. The van der Waals surface area contributed by atoms with Gasteiger partial charge in [-0.05, 0) is 200 Å². The average Bonchev–Trinajstić information content (AvgIpc) is 3.36. The zero-order valence-electron chi connectivity index (χ0n) is 39.1. The zero-order valence-corrected chi connectivity index (χ0v) is 39.1. The van der Waals surface area contributed by atoms with Crippen LogP contribution in [0.3, 0.4) is 0 Å². The topological polar surface area (TPSA) is 9.72 Å². The van der Waals surface area contributed by atoms with E-state index in [2.05, 4.69) is 292 Å². The fraction of sp³-hybridized carbons (Fsp3) is 0.0938. The lowest BCUT2D eigenvalue weighted by Gasteiger charge is -2.26. The number of para-hydroxylation sites is 3. The third kappa shape index (κ3) is 10.2. The number of allylic oxidation sites excluding steroid dienone is 4. The molecule has 3 heteroatoms. The molecule has 0 fully saturated rings. The van der Waals surface area contributed by atoms with E-state index in [-0.39, 0.29) is 0 Å². The highest BCUT2D eigenvalue weighted by atomic mass is 15.2. The number of nitrogens with zero attached hydrogens (tertiary/aromatic N) is 3. The van der Waals surface area contributed by atoms with Crippen molar-refractivity contribution in [3.8, 4) is 33.4 Å². The predicted octanol–water partition coefficient (Wildman–Crippen LogP) is 18.6. The molecule has 0 saturated heterocycles. The normalized spacial score (nSPS) is 11.6. The maximum absolute atomic E-state index is 2.34. The molecule has 0 aromatic heterocycles. The van der Waals surface area contributed by atoms with Crippen molar-refractivity contribution in [1.82, 2.24) is 0 Å². The highest BCUT2D eigenvalue weighted by molar-refractivity contribution is 5.85. The van der Waals surface area contributed by atoms with Gasteiger partial charge in [0.05, 0.1) is 0 Å². The summed E-state index contributed by atoms with van der Waals surface area (Å²) in [5, 5.41) is 0. The molecule has 0 radical (unpaired) electrons. The van der Waals surface area contributed by atoms with Gasteiger partial charge in [0.25, 0.3) is 0 Å². The SMILES string of the molecule is CC/C=C(C)\C=C(/C)N(c1ccccc1)c1ccc(-c2cc(-c3ccc(N(c4ccccc4)c4cccc(C)c4)cc3)cc(-c3ccc(N(c4ccccc4)c4cccc(C)c4)cc3)c2)cc1. The fourth-order valence-corrected chi connectivity index (χ4v) is 9.03. The zero-order chi connectivity index (χ0) is 46.1. The van der Waals surface area contributed by atoms with Gasteiger partial charge in [-0.15, -0.1) is 0 Å². The minimum atomic E-state index is 1.00.